The molecule has 1 aliphatic rings. The monoisotopic (exact) mass is 240 g/mol. The lowest BCUT2D eigenvalue weighted by Crippen LogP contribution is -2.41. The maximum absolute atomic E-state index is 13.4. The summed E-state index contributed by atoms with van der Waals surface area (Å²) in [7, 11) is 0. The van der Waals surface area contributed by atoms with Gasteiger partial charge < -0.3 is 9.64 Å². The maximum atomic E-state index is 13.4. The van der Waals surface area contributed by atoms with Crippen molar-refractivity contribution in [3.05, 3.63) is 34.1 Å². The summed E-state index contributed by atoms with van der Waals surface area (Å²) in [6.45, 7) is 0.624. The predicted octanol–water partition coefficient (Wildman–Crippen LogP) is 1.10. The zero-order valence-corrected chi connectivity index (χ0v) is 8.76. The van der Waals surface area contributed by atoms with Gasteiger partial charge in [0, 0.05) is 24.4 Å². The topological polar surface area (TPSA) is 72.7 Å². The van der Waals surface area contributed by atoms with Crippen molar-refractivity contribution in [3.8, 4) is 0 Å². The van der Waals surface area contributed by atoms with Crippen LogP contribution in [0.1, 0.15) is 0 Å². The standard InChI is InChI=1S/C10H9FN2O4/c11-8-5-7(1-2-9(8)13(15)16)12-3-4-17-6-10(12)14/h1-2,5H,3-4,6H2. The minimum atomic E-state index is -0.952. The Labute approximate surface area is 95.7 Å². The molecule has 1 aliphatic heterocycles. The number of ether oxygens (including phenoxy) is 1. The molecule has 0 atom stereocenters. The number of hydrogen-bond donors (Lipinski definition) is 0. The molecule has 17 heavy (non-hydrogen) atoms. The quantitative estimate of drug-likeness (QED) is 0.573. The van der Waals surface area contributed by atoms with E-state index in [1.54, 1.807) is 0 Å². The Bertz CT molecular complexity index is 477. The van der Waals surface area contributed by atoms with Crippen LogP contribution in [0, 0.1) is 15.9 Å². The van der Waals surface area contributed by atoms with Gasteiger partial charge in [0.15, 0.2) is 0 Å². The molecule has 1 aromatic carbocycles. The molecule has 1 saturated heterocycles. The molecule has 0 aliphatic carbocycles. The van der Waals surface area contributed by atoms with Gasteiger partial charge in [0.2, 0.25) is 5.82 Å². The van der Waals surface area contributed by atoms with Gasteiger partial charge in [-0.3, -0.25) is 14.9 Å². The van der Waals surface area contributed by atoms with Crippen molar-refractivity contribution in [2.75, 3.05) is 24.7 Å². The smallest absolute Gasteiger partial charge is 0.304 e. The van der Waals surface area contributed by atoms with Gasteiger partial charge in [-0.2, -0.15) is 4.39 Å². The molecule has 90 valence electrons. The van der Waals surface area contributed by atoms with Crippen LogP contribution in [-0.4, -0.2) is 30.6 Å². The molecule has 0 unspecified atom stereocenters. The largest absolute Gasteiger partial charge is 0.370 e. The normalized spacial score (nSPS) is 16.1. The Morgan fingerprint density at radius 1 is 1.47 bits per heavy atom. The summed E-state index contributed by atoms with van der Waals surface area (Å²) in [5.41, 5.74) is -0.296. The minimum Gasteiger partial charge on any atom is -0.370 e. The Hall–Kier alpha value is -2.02. The second-order valence-electron chi connectivity index (χ2n) is 3.49. The highest BCUT2D eigenvalue weighted by atomic mass is 19.1. The van der Waals surface area contributed by atoms with Gasteiger partial charge >= 0.3 is 5.69 Å². The van der Waals surface area contributed by atoms with Crippen LogP contribution in [0.25, 0.3) is 0 Å². The zero-order chi connectivity index (χ0) is 12.4. The Morgan fingerprint density at radius 3 is 2.82 bits per heavy atom. The first kappa shape index (κ1) is 11.5. The number of rotatable bonds is 2. The third kappa shape index (κ3) is 2.23. The first-order chi connectivity index (χ1) is 8.09. The van der Waals surface area contributed by atoms with Crippen LogP contribution in [0.5, 0.6) is 0 Å². The van der Waals surface area contributed by atoms with Crippen LogP contribution in [0.2, 0.25) is 0 Å². The lowest BCUT2D eigenvalue weighted by molar-refractivity contribution is -0.387. The van der Waals surface area contributed by atoms with Crippen molar-refractivity contribution < 1.29 is 18.8 Å². The van der Waals surface area contributed by atoms with Crippen LogP contribution in [-0.2, 0) is 9.53 Å². The molecule has 1 amide bonds. The molecular formula is C10H9FN2O4. The predicted molar refractivity (Wildman–Crippen MR) is 56.2 cm³/mol. The zero-order valence-electron chi connectivity index (χ0n) is 8.76. The van der Waals surface area contributed by atoms with Crippen molar-refractivity contribution in [1.82, 2.24) is 0 Å². The molecule has 6 nitrogen and oxygen atoms in total. The fourth-order valence-electron chi connectivity index (χ4n) is 1.60. The molecule has 1 heterocycles. The molecule has 0 N–H and O–H groups in total. The summed E-state index contributed by atoms with van der Waals surface area (Å²) < 4.78 is 18.3. The fourth-order valence-corrected chi connectivity index (χ4v) is 1.60. The second kappa shape index (κ2) is 4.46. The average molecular weight is 240 g/mol. The molecule has 0 saturated carbocycles. The summed E-state index contributed by atoms with van der Waals surface area (Å²) >= 11 is 0. The highest BCUT2D eigenvalue weighted by Gasteiger charge is 2.22. The number of nitro benzene ring substituents is 1. The van der Waals surface area contributed by atoms with E-state index < -0.39 is 16.4 Å². The van der Waals surface area contributed by atoms with E-state index in [2.05, 4.69) is 0 Å². The van der Waals surface area contributed by atoms with Crippen molar-refractivity contribution in [3.63, 3.8) is 0 Å². The number of anilines is 1. The summed E-state index contributed by atoms with van der Waals surface area (Å²) in [6, 6.07) is 3.39. The van der Waals surface area contributed by atoms with Crippen LogP contribution in [0.4, 0.5) is 15.8 Å². The number of amides is 1. The maximum Gasteiger partial charge on any atom is 0.304 e. The van der Waals surface area contributed by atoms with Gasteiger partial charge in [-0.25, -0.2) is 0 Å². The number of halogens is 1. The average Bonchev–Trinajstić information content (AvgIpc) is 2.29. The Kier molecular flexibility index (Phi) is 3.01. The molecule has 2 rings (SSSR count). The van der Waals surface area contributed by atoms with E-state index in [9.17, 15) is 19.3 Å². The fraction of sp³-hybridized carbons (Fsp3) is 0.300. The van der Waals surface area contributed by atoms with Crippen LogP contribution in [0.3, 0.4) is 0 Å². The molecule has 0 spiro atoms. The third-order valence-electron chi connectivity index (χ3n) is 2.43. The number of benzene rings is 1. The van der Waals surface area contributed by atoms with Crippen molar-refractivity contribution in [2.45, 2.75) is 0 Å². The first-order valence-corrected chi connectivity index (χ1v) is 4.91. The van der Waals surface area contributed by atoms with Gasteiger partial charge in [0.05, 0.1) is 11.5 Å². The Balaban J connectivity index is 2.30. The number of nitro groups is 1. The summed E-state index contributed by atoms with van der Waals surface area (Å²) in [5, 5.41) is 10.4. The van der Waals surface area contributed by atoms with Gasteiger partial charge in [-0.15, -0.1) is 0 Å². The third-order valence-corrected chi connectivity index (χ3v) is 2.43. The van der Waals surface area contributed by atoms with E-state index in [-0.39, 0.29) is 12.5 Å². The molecule has 7 heteroatoms. The molecule has 0 radical (unpaired) electrons. The van der Waals surface area contributed by atoms with E-state index in [1.165, 1.54) is 11.0 Å². The summed E-state index contributed by atoms with van der Waals surface area (Å²) in [4.78, 5) is 22.4. The van der Waals surface area contributed by atoms with Crippen molar-refractivity contribution >= 4 is 17.3 Å². The molecule has 0 bridgehead atoms. The summed E-state index contributed by atoms with van der Waals surface area (Å²) in [6.07, 6.45) is 0. The van der Waals surface area contributed by atoms with E-state index in [1.807, 2.05) is 0 Å². The number of morpholine rings is 1. The van der Waals surface area contributed by atoms with Gasteiger partial charge in [0.25, 0.3) is 5.91 Å². The molecular weight excluding hydrogens is 231 g/mol. The number of hydrogen-bond acceptors (Lipinski definition) is 4. The number of nitrogens with zero attached hydrogens (tertiary/aromatic N) is 2. The van der Waals surface area contributed by atoms with Crippen molar-refractivity contribution in [1.29, 1.82) is 0 Å². The molecule has 1 fully saturated rings. The first-order valence-electron chi connectivity index (χ1n) is 4.91. The van der Waals surface area contributed by atoms with Crippen LogP contribution < -0.4 is 4.90 Å². The van der Waals surface area contributed by atoms with Gasteiger partial charge in [-0.05, 0) is 6.07 Å². The molecule has 0 aromatic heterocycles. The van der Waals surface area contributed by atoms with E-state index >= 15 is 0 Å². The van der Waals surface area contributed by atoms with Crippen molar-refractivity contribution in [2.24, 2.45) is 0 Å². The van der Waals surface area contributed by atoms with E-state index in [4.69, 9.17) is 4.74 Å². The van der Waals surface area contributed by atoms with Crippen LogP contribution in [0.15, 0.2) is 18.2 Å². The minimum absolute atomic E-state index is 0.0569. The Morgan fingerprint density at radius 2 is 2.24 bits per heavy atom. The second-order valence-corrected chi connectivity index (χ2v) is 3.49. The lowest BCUT2D eigenvalue weighted by Gasteiger charge is -2.26. The highest BCUT2D eigenvalue weighted by molar-refractivity contribution is 5.94. The highest BCUT2D eigenvalue weighted by Crippen LogP contribution is 2.24. The number of carbonyl (C=O) groups is 1. The number of carbonyl (C=O) groups excluding carboxylic acids is 1. The van der Waals surface area contributed by atoms with Gasteiger partial charge in [-0.1, -0.05) is 0 Å². The van der Waals surface area contributed by atoms with Crippen LogP contribution >= 0.6 is 0 Å². The van der Waals surface area contributed by atoms with Gasteiger partial charge in [0.1, 0.15) is 6.61 Å². The SMILES string of the molecule is O=C1COCCN1c1ccc([N+](=O)[O-])c(F)c1. The van der Waals surface area contributed by atoms with E-state index in [0.717, 1.165) is 12.1 Å². The van der Waals surface area contributed by atoms with E-state index in [0.29, 0.717) is 18.8 Å². The summed E-state index contributed by atoms with van der Waals surface area (Å²) in [5.74, 6) is -1.24. The lowest BCUT2D eigenvalue weighted by atomic mass is 10.2. The molecule has 1 aromatic rings.